The summed E-state index contributed by atoms with van der Waals surface area (Å²) in [7, 11) is 0. The molecule has 0 spiro atoms. The molecule has 0 aliphatic rings. The van der Waals surface area contributed by atoms with E-state index in [1.165, 1.54) is 0 Å². The van der Waals surface area contributed by atoms with Crippen molar-refractivity contribution in [2.75, 3.05) is 13.2 Å². The van der Waals surface area contributed by atoms with Gasteiger partial charge in [0.2, 0.25) is 0 Å². The number of alkyl halides is 3. The summed E-state index contributed by atoms with van der Waals surface area (Å²) in [5.74, 6) is -0.494. The Bertz CT molecular complexity index is 143. The normalized spacial score (nSPS) is 11.3. The number of ether oxygens (including phenoxy) is 1. The van der Waals surface area contributed by atoms with E-state index in [2.05, 4.69) is 4.74 Å². The lowest BCUT2D eigenvalue weighted by Crippen LogP contribution is -2.12. The van der Waals surface area contributed by atoms with E-state index in [4.69, 9.17) is 39.9 Å². The highest BCUT2D eigenvalue weighted by molar-refractivity contribution is 6.67. The third kappa shape index (κ3) is 8.40. The van der Waals surface area contributed by atoms with Gasteiger partial charge in [0.1, 0.15) is 0 Å². The Morgan fingerprint density at radius 2 is 2.00 bits per heavy atom. The number of rotatable bonds is 4. The van der Waals surface area contributed by atoms with Crippen LogP contribution >= 0.6 is 34.8 Å². The van der Waals surface area contributed by atoms with Crippen molar-refractivity contribution >= 4 is 40.8 Å². The molecule has 6 heteroatoms. The first-order valence-electron chi connectivity index (χ1n) is 3.29. The maximum Gasteiger partial charge on any atom is 0.308 e. The van der Waals surface area contributed by atoms with E-state index in [0.717, 1.165) is 0 Å². The Labute approximate surface area is 85.5 Å². The SMILES string of the molecule is O=C(CCO)OCCC(Cl)(Cl)Cl. The minimum absolute atomic E-state index is 0.0279. The maximum atomic E-state index is 10.6. The molecule has 0 aromatic heterocycles. The number of halogens is 3. The zero-order chi connectivity index (χ0) is 9.61. The molecule has 0 bridgehead atoms. The standard InChI is InChI=1S/C6H9Cl3O3/c7-6(8,9)2-4-12-5(11)1-3-10/h10H,1-4H2. The molecule has 3 nitrogen and oxygen atoms in total. The number of aliphatic hydroxyl groups is 1. The van der Waals surface area contributed by atoms with Gasteiger partial charge in [-0.2, -0.15) is 0 Å². The van der Waals surface area contributed by atoms with E-state index in [-0.39, 0.29) is 26.1 Å². The van der Waals surface area contributed by atoms with Crippen LogP contribution in [0.25, 0.3) is 0 Å². The van der Waals surface area contributed by atoms with Gasteiger partial charge in [0.15, 0.2) is 3.79 Å². The van der Waals surface area contributed by atoms with Gasteiger partial charge in [-0.3, -0.25) is 4.79 Å². The number of carbonyl (C=O) groups is 1. The summed E-state index contributed by atoms with van der Waals surface area (Å²) in [5.41, 5.74) is 0. The Morgan fingerprint density at radius 3 is 2.42 bits per heavy atom. The summed E-state index contributed by atoms with van der Waals surface area (Å²) in [6, 6.07) is 0. The minimum atomic E-state index is -1.39. The second-order valence-corrected chi connectivity index (χ2v) is 4.58. The van der Waals surface area contributed by atoms with Gasteiger partial charge in [0.05, 0.1) is 19.6 Å². The van der Waals surface area contributed by atoms with Gasteiger partial charge < -0.3 is 9.84 Å². The van der Waals surface area contributed by atoms with E-state index >= 15 is 0 Å². The zero-order valence-corrected chi connectivity index (χ0v) is 8.49. The van der Waals surface area contributed by atoms with Crippen molar-refractivity contribution in [3.8, 4) is 0 Å². The summed E-state index contributed by atoms with van der Waals surface area (Å²) < 4.78 is 3.22. The fraction of sp³-hybridized carbons (Fsp3) is 0.833. The van der Waals surface area contributed by atoms with E-state index in [9.17, 15) is 4.79 Å². The third-order valence-corrected chi connectivity index (χ3v) is 1.53. The fourth-order valence-electron chi connectivity index (χ4n) is 0.444. The van der Waals surface area contributed by atoms with Crippen molar-refractivity contribution in [1.29, 1.82) is 0 Å². The van der Waals surface area contributed by atoms with Crippen LogP contribution in [0.15, 0.2) is 0 Å². The lowest BCUT2D eigenvalue weighted by molar-refractivity contribution is -0.144. The molecule has 0 rings (SSSR count). The second-order valence-electron chi connectivity index (χ2n) is 2.06. The van der Waals surface area contributed by atoms with Gasteiger partial charge >= 0.3 is 5.97 Å². The highest BCUT2D eigenvalue weighted by Gasteiger charge is 2.19. The highest BCUT2D eigenvalue weighted by Crippen LogP contribution is 2.29. The molecule has 0 saturated heterocycles. The predicted molar refractivity (Wildman–Crippen MR) is 47.6 cm³/mol. The van der Waals surface area contributed by atoms with Crippen LogP contribution in [0.3, 0.4) is 0 Å². The average molecular weight is 235 g/mol. The molecule has 0 unspecified atom stereocenters. The monoisotopic (exact) mass is 234 g/mol. The molecule has 0 aromatic carbocycles. The topological polar surface area (TPSA) is 46.5 Å². The van der Waals surface area contributed by atoms with Crippen LogP contribution in [0, 0.1) is 0 Å². The Morgan fingerprint density at radius 1 is 1.42 bits per heavy atom. The van der Waals surface area contributed by atoms with Crippen LogP contribution < -0.4 is 0 Å². The molecule has 0 amide bonds. The molecule has 72 valence electrons. The van der Waals surface area contributed by atoms with Crippen LogP contribution in [0.2, 0.25) is 0 Å². The first-order valence-corrected chi connectivity index (χ1v) is 4.42. The molecule has 0 atom stereocenters. The summed E-state index contributed by atoms with van der Waals surface area (Å²) in [5, 5.41) is 8.32. The van der Waals surface area contributed by atoms with Crippen molar-refractivity contribution < 1.29 is 14.6 Å². The van der Waals surface area contributed by atoms with E-state index < -0.39 is 9.76 Å². The number of hydrogen-bond acceptors (Lipinski definition) is 3. The summed E-state index contributed by atoms with van der Waals surface area (Å²) in [6.45, 7) is -0.179. The Kier molecular flexibility index (Phi) is 6.01. The van der Waals surface area contributed by atoms with E-state index in [0.29, 0.717) is 0 Å². The molecular formula is C6H9Cl3O3. The number of hydrogen-bond donors (Lipinski definition) is 1. The molecule has 0 aliphatic carbocycles. The summed E-state index contributed by atoms with van der Waals surface area (Å²) >= 11 is 16.2. The molecule has 1 N–H and O–H groups in total. The van der Waals surface area contributed by atoms with E-state index in [1.807, 2.05) is 0 Å². The smallest absolute Gasteiger partial charge is 0.308 e. The van der Waals surface area contributed by atoms with Gasteiger partial charge in [-0.05, 0) is 0 Å². The van der Waals surface area contributed by atoms with Crippen LogP contribution in [0.1, 0.15) is 12.8 Å². The largest absolute Gasteiger partial charge is 0.465 e. The van der Waals surface area contributed by atoms with Crippen LogP contribution in [0.5, 0.6) is 0 Å². The molecule has 0 saturated carbocycles. The minimum Gasteiger partial charge on any atom is -0.465 e. The molecule has 12 heavy (non-hydrogen) atoms. The van der Waals surface area contributed by atoms with Gasteiger partial charge in [0, 0.05) is 6.42 Å². The van der Waals surface area contributed by atoms with Crippen molar-refractivity contribution in [2.24, 2.45) is 0 Å². The Hall–Kier alpha value is 0.300. The van der Waals surface area contributed by atoms with Crippen molar-refractivity contribution in [3.05, 3.63) is 0 Å². The lowest BCUT2D eigenvalue weighted by atomic mass is 10.4. The first-order chi connectivity index (χ1) is 5.45. The molecule has 0 aliphatic heterocycles. The van der Waals surface area contributed by atoms with E-state index in [1.54, 1.807) is 0 Å². The van der Waals surface area contributed by atoms with Crippen molar-refractivity contribution in [2.45, 2.75) is 16.6 Å². The van der Waals surface area contributed by atoms with Crippen LogP contribution in [0.4, 0.5) is 0 Å². The molecule has 0 fully saturated rings. The molecule has 0 heterocycles. The molecular weight excluding hydrogens is 226 g/mol. The number of aliphatic hydroxyl groups excluding tert-OH is 1. The summed E-state index contributed by atoms with van der Waals surface area (Å²) in [4.78, 5) is 10.6. The Balaban J connectivity index is 3.37. The zero-order valence-electron chi connectivity index (χ0n) is 6.23. The average Bonchev–Trinajstić information content (AvgIpc) is 1.84. The van der Waals surface area contributed by atoms with Crippen molar-refractivity contribution in [1.82, 2.24) is 0 Å². The van der Waals surface area contributed by atoms with Crippen LogP contribution in [-0.4, -0.2) is 28.1 Å². The lowest BCUT2D eigenvalue weighted by Gasteiger charge is -2.09. The van der Waals surface area contributed by atoms with Gasteiger partial charge in [-0.15, -0.1) is 0 Å². The molecule has 0 radical (unpaired) electrons. The quantitative estimate of drug-likeness (QED) is 0.596. The maximum absolute atomic E-state index is 10.6. The third-order valence-electron chi connectivity index (χ3n) is 0.965. The predicted octanol–water partition coefficient (Wildman–Crippen LogP) is 1.67. The van der Waals surface area contributed by atoms with Crippen LogP contribution in [-0.2, 0) is 9.53 Å². The number of carbonyl (C=O) groups excluding carboxylic acids is 1. The van der Waals surface area contributed by atoms with Gasteiger partial charge in [-0.25, -0.2) is 0 Å². The van der Waals surface area contributed by atoms with Crippen molar-refractivity contribution in [3.63, 3.8) is 0 Å². The summed E-state index contributed by atoms with van der Waals surface area (Å²) in [6.07, 6.45) is 0.120. The molecule has 0 aromatic rings. The second kappa shape index (κ2) is 5.86. The van der Waals surface area contributed by atoms with Gasteiger partial charge in [0.25, 0.3) is 0 Å². The first kappa shape index (κ1) is 12.3. The number of esters is 1. The fourth-order valence-corrected chi connectivity index (χ4v) is 0.676. The van der Waals surface area contributed by atoms with Gasteiger partial charge in [-0.1, -0.05) is 34.8 Å². The highest BCUT2D eigenvalue weighted by atomic mass is 35.6.